The highest BCUT2D eigenvalue weighted by atomic mass is 32.2. The molecule has 0 aromatic heterocycles. The van der Waals surface area contributed by atoms with Crippen LogP contribution in [0.2, 0.25) is 0 Å². The molecule has 2 heterocycles. The van der Waals surface area contributed by atoms with E-state index < -0.39 is 12.6 Å². The molecule has 2 aliphatic rings. The second-order valence-electron chi connectivity index (χ2n) is 4.96. The number of halogens is 3. The van der Waals surface area contributed by atoms with E-state index >= 15 is 0 Å². The lowest BCUT2D eigenvalue weighted by molar-refractivity contribution is -0.129. The predicted molar refractivity (Wildman–Crippen MR) is 82.1 cm³/mol. The molecule has 2 aliphatic heterocycles. The molecule has 4 unspecified atom stereocenters. The Morgan fingerprint density at radius 1 is 1.19 bits per heavy atom. The van der Waals surface area contributed by atoms with Crippen molar-refractivity contribution in [3.63, 3.8) is 0 Å². The topological polar surface area (TPSA) is 60.1 Å². The maximum atomic E-state index is 12.2. The zero-order chi connectivity index (χ0) is 15.3. The van der Waals surface area contributed by atoms with E-state index in [9.17, 15) is 13.2 Å². The van der Waals surface area contributed by atoms with Crippen molar-refractivity contribution in [1.29, 1.82) is 0 Å². The summed E-state index contributed by atoms with van der Waals surface area (Å²) in [5.74, 6) is 1.05. The molecule has 0 saturated carbocycles. The summed E-state index contributed by atoms with van der Waals surface area (Å²) in [4.78, 5) is 0. The molecule has 124 valence electrons. The van der Waals surface area contributed by atoms with Gasteiger partial charge in [-0.15, -0.1) is 11.8 Å². The molecule has 2 saturated heterocycles. The Bertz CT molecular complexity index is 321. The third kappa shape index (κ3) is 5.77. The van der Waals surface area contributed by atoms with Gasteiger partial charge in [0, 0.05) is 24.7 Å². The van der Waals surface area contributed by atoms with Crippen LogP contribution in [-0.2, 0) is 0 Å². The SMILES string of the molecule is CSCCNC1NC(SCCC(F)(F)F)NC2NCNC12. The zero-order valence-electron chi connectivity index (χ0n) is 11.8. The highest BCUT2D eigenvalue weighted by Gasteiger charge is 2.39. The first-order valence-corrected chi connectivity index (χ1v) is 9.33. The number of thioether (sulfide) groups is 2. The molecular formula is C11H22F3N5S2. The summed E-state index contributed by atoms with van der Waals surface area (Å²) in [7, 11) is 0. The quantitative estimate of drug-likeness (QED) is 0.425. The van der Waals surface area contributed by atoms with E-state index in [1.54, 1.807) is 11.8 Å². The van der Waals surface area contributed by atoms with E-state index in [0.717, 1.165) is 12.3 Å². The second kappa shape index (κ2) is 8.23. The highest BCUT2D eigenvalue weighted by molar-refractivity contribution is 7.99. The third-order valence-corrected chi connectivity index (χ3v) is 5.04. The van der Waals surface area contributed by atoms with Crippen LogP contribution in [-0.4, -0.2) is 61.0 Å². The van der Waals surface area contributed by atoms with Crippen molar-refractivity contribution in [1.82, 2.24) is 26.6 Å². The minimum atomic E-state index is -4.09. The molecule has 5 N–H and O–H groups in total. The Kier molecular flexibility index (Phi) is 6.91. The summed E-state index contributed by atoms with van der Waals surface area (Å²) in [6, 6.07) is 0.186. The summed E-state index contributed by atoms with van der Waals surface area (Å²) < 4.78 is 36.6. The second-order valence-corrected chi connectivity index (χ2v) is 7.16. The maximum absolute atomic E-state index is 12.2. The third-order valence-electron chi connectivity index (χ3n) is 3.38. The lowest BCUT2D eigenvalue weighted by atomic mass is 10.1. The predicted octanol–water partition coefficient (Wildman–Crippen LogP) is 0.272. The van der Waals surface area contributed by atoms with Crippen LogP contribution < -0.4 is 26.6 Å². The van der Waals surface area contributed by atoms with Gasteiger partial charge in [0.05, 0.1) is 24.8 Å². The number of rotatable bonds is 7. The van der Waals surface area contributed by atoms with Gasteiger partial charge in [-0.05, 0) is 6.26 Å². The molecule has 0 amide bonds. The molecule has 0 aliphatic carbocycles. The summed E-state index contributed by atoms with van der Waals surface area (Å²) in [6.07, 6.45) is -2.69. The van der Waals surface area contributed by atoms with Crippen molar-refractivity contribution in [2.24, 2.45) is 0 Å². The summed E-state index contributed by atoms with van der Waals surface area (Å²) in [6.45, 7) is 1.56. The number of fused-ring (bicyclic) bond motifs is 1. The molecule has 0 aromatic rings. The standard InChI is InChI=1S/C11H22F3N5S2/c1-20-5-3-15-8-7-9(17-6-16-7)19-10(18-8)21-4-2-11(12,13)14/h7-10,15-19H,2-6H2,1H3. The fourth-order valence-corrected chi connectivity index (χ4v) is 3.77. The van der Waals surface area contributed by atoms with Crippen LogP contribution in [0, 0.1) is 0 Å². The molecule has 0 aromatic carbocycles. The molecule has 2 fully saturated rings. The lowest BCUT2D eigenvalue weighted by Gasteiger charge is -2.40. The fourth-order valence-electron chi connectivity index (χ4n) is 2.37. The van der Waals surface area contributed by atoms with E-state index in [4.69, 9.17) is 0 Å². The summed E-state index contributed by atoms with van der Waals surface area (Å²) >= 11 is 3.02. The zero-order valence-corrected chi connectivity index (χ0v) is 13.4. The van der Waals surface area contributed by atoms with Gasteiger partial charge in [0.2, 0.25) is 0 Å². The van der Waals surface area contributed by atoms with Gasteiger partial charge >= 0.3 is 6.18 Å². The molecule has 0 radical (unpaired) electrons. The molecule has 4 atom stereocenters. The first kappa shape index (κ1) is 17.6. The van der Waals surface area contributed by atoms with Gasteiger partial charge in [0.25, 0.3) is 0 Å². The van der Waals surface area contributed by atoms with Crippen molar-refractivity contribution in [2.75, 3.05) is 31.0 Å². The van der Waals surface area contributed by atoms with E-state index in [-0.39, 0.29) is 29.6 Å². The molecule has 10 heteroatoms. The number of alkyl halides is 3. The van der Waals surface area contributed by atoms with Crippen LogP contribution >= 0.6 is 23.5 Å². The summed E-state index contributed by atoms with van der Waals surface area (Å²) in [5, 5.41) is 16.7. The van der Waals surface area contributed by atoms with Gasteiger partial charge in [0.1, 0.15) is 5.50 Å². The van der Waals surface area contributed by atoms with Gasteiger partial charge < -0.3 is 0 Å². The first-order valence-electron chi connectivity index (χ1n) is 6.89. The van der Waals surface area contributed by atoms with Gasteiger partial charge in [0.15, 0.2) is 0 Å². The van der Waals surface area contributed by atoms with Crippen LogP contribution in [0.3, 0.4) is 0 Å². The minimum Gasteiger partial charge on any atom is -0.300 e. The van der Waals surface area contributed by atoms with Gasteiger partial charge in [-0.2, -0.15) is 24.9 Å². The monoisotopic (exact) mass is 345 g/mol. The molecule has 0 spiro atoms. The van der Waals surface area contributed by atoms with Gasteiger partial charge in [-0.3, -0.25) is 26.6 Å². The lowest BCUT2D eigenvalue weighted by Crippen LogP contribution is -2.71. The Morgan fingerprint density at radius 3 is 2.71 bits per heavy atom. The Labute approximate surface area is 131 Å². The number of hydrogen-bond acceptors (Lipinski definition) is 7. The number of nitrogens with one attached hydrogen (secondary N) is 5. The van der Waals surface area contributed by atoms with Gasteiger partial charge in [-0.25, -0.2) is 0 Å². The fraction of sp³-hybridized carbons (Fsp3) is 1.00. The van der Waals surface area contributed by atoms with E-state index in [1.807, 2.05) is 6.26 Å². The Hall–Kier alpha value is 0.290. The van der Waals surface area contributed by atoms with Crippen LogP contribution in [0.15, 0.2) is 0 Å². The van der Waals surface area contributed by atoms with Crippen molar-refractivity contribution < 1.29 is 13.2 Å². The van der Waals surface area contributed by atoms with Crippen molar-refractivity contribution >= 4 is 23.5 Å². The van der Waals surface area contributed by atoms with Crippen molar-refractivity contribution in [3.8, 4) is 0 Å². The largest absolute Gasteiger partial charge is 0.389 e. The average molecular weight is 345 g/mol. The van der Waals surface area contributed by atoms with E-state index in [1.165, 1.54) is 11.8 Å². The molecule has 0 bridgehead atoms. The normalized spacial score (nSPS) is 33.1. The first-order chi connectivity index (χ1) is 9.99. The molecule has 21 heavy (non-hydrogen) atoms. The van der Waals surface area contributed by atoms with Crippen LogP contribution in [0.4, 0.5) is 13.2 Å². The van der Waals surface area contributed by atoms with Crippen molar-refractivity contribution in [2.45, 2.75) is 36.5 Å². The minimum absolute atomic E-state index is 0.0433. The van der Waals surface area contributed by atoms with Crippen LogP contribution in [0.25, 0.3) is 0 Å². The Morgan fingerprint density at radius 2 is 2.00 bits per heavy atom. The highest BCUT2D eigenvalue weighted by Crippen LogP contribution is 2.24. The maximum Gasteiger partial charge on any atom is 0.389 e. The molecular weight excluding hydrogens is 323 g/mol. The van der Waals surface area contributed by atoms with Gasteiger partial charge in [-0.1, -0.05) is 0 Å². The summed E-state index contributed by atoms with van der Waals surface area (Å²) in [5.41, 5.74) is -0.187. The number of hydrogen-bond donors (Lipinski definition) is 5. The van der Waals surface area contributed by atoms with Crippen molar-refractivity contribution in [3.05, 3.63) is 0 Å². The van der Waals surface area contributed by atoms with Crippen LogP contribution in [0.1, 0.15) is 6.42 Å². The smallest absolute Gasteiger partial charge is 0.300 e. The average Bonchev–Trinajstić information content (AvgIpc) is 2.86. The Balaban J connectivity index is 1.80. The van der Waals surface area contributed by atoms with E-state index in [0.29, 0.717) is 6.67 Å². The molecule has 2 rings (SSSR count). The molecule has 5 nitrogen and oxygen atoms in total. The van der Waals surface area contributed by atoms with E-state index in [2.05, 4.69) is 26.6 Å². The van der Waals surface area contributed by atoms with Crippen LogP contribution in [0.5, 0.6) is 0 Å².